The van der Waals surface area contributed by atoms with Crippen LogP contribution in [0.1, 0.15) is 40.0 Å². The molecule has 0 aliphatic rings. The van der Waals surface area contributed by atoms with Crippen molar-refractivity contribution < 1.29 is 9.46 Å². The molecule has 1 N–H and O–H groups in total. The van der Waals surface area contributed by atoms with Gasteiger partial charge in [0.05, 0.1) is 0 Å². The number of unbranched alkanes of at least 4 members (excludes halogenated alkanes) is 2. The van der Waals surface area contributed by atoms with Gasteiger partial charge >= 0.3 is 0 Å². The van der Waals surface area contributed by atoms with Crippen LogP contribution in [0.5, 0.6) is 0 Å². The maximum Gasteiger partial charge on any atom is 0.203 e. The second kappa shape index (κ2) is 4.95. The molecular weight excluding hydrogens is 159 g/mol. The van der Waals surface area contributed by atoms with E-state index < -0.39 is 7.37 Å². The van der Waals surface area contributed by atoms with Crippen molar-refractivity contribution in [3.63, 3.8) is 0 Å². The Morgan fingerprint density at radius 3 is 2.27 bits per heavy atom. The van der Waals surface area contributed by atoms with Gasteiger partial charge in [-0.05, 0) is 6.42 Å². The fourth-order valence-electron chi connectivity index (χ4n) is 0.847. The van der Waals surface area contributed by atoms with Crippen molar-refractivity contribution in [2.24, 2.45) is 0 Å². The number of rotatable bonds is 5. The van der Waals surface area contributed by atoms with E-state index in [2.05, 4.69) is 6.92 Å². The van der Waals surface area contributed by atoms with Gasteiger partial charge < -0.3 is 4.89 Å². The van der Waals surface area contributed by atoms with E-state index in [1.807, 2.05) is 13.8 Å². The molecular formula is C8H19O2P. The molecule has 0 saturated heterocycles. The van der Waals surface area contributed by atoms with Crippen LogP contribution in [-0.4, -0.2) is 16.7 Å². The largest absolute Gasteiger partial charge is 0.344 e. The summed E-state index contributed by atoms with van der Waals surface area (Å²) in [6, 6.07) is 0. The minimum atomic E-state index is -2.79. The molecule has 11 heavy (non-hydrogen) atoms. The van der Waals surface area contributed by atoms with Crippen molar-refractivity contribution >= 4 is 7.37 Å². The maximum atomic E-state index is 11.3. The lowest BCUT2D eigenvalue weighted by Crippen LogP contribution is -2.01. The lowest BCUT2D eigenvalue weighted by Gasteiger charge is -2.14. The van der Waals surface area contributed by atoms with Gasteiger partial charge in [0.2, 0.25) is 7.37 Å². The summed E-state index contributed by atoms with van der Waals surface area (Å²) in [7, 11) is -2.79. The Balaban J connectivity index is 3.65. The molecule has 0 bridgehead atoms. The van der Waals surface area contributed by atoms with Crippen molar-refractivity contribution in [3.8, 4) is 0 Å². The molecule has 0 aromatic rings. The molecule has 0 rings (SSSR count). The molecule has 1 atom stereocenters. The van der Waals surface area contributed by atoms with E-state index in [1.165, 1.54) is 0 Å². The molecule has 0 fully saturated rings. The highest BCUT2D eigenvalue weighted by Gasteiger charge is 2.21. The van der Waals surface area contributed by atoms with E-state index in [0.717, 1.165) is 19.3 Å². The van der Waals surface area contributed by atoms with Gasteiger partial charge in [0, 0.05) is 11.8 Å². The highest BCUT2D eigenvalue weighted by molar-refractivity contribution is 7.58. The fourth-order valence-corrected chi connectivity index (χ4v) is 2.04. The third-order valence-corrected chi connectivity index (χ3v) is 4.46. The number of hydrogen-bond acceptors (Lipinski definition) is 1. The second-order valence-electron chi connectivity index (χ2n) is 3.28. The van der Waals surface area contributed by atoms with Crippen molar-refractivity contribution in [1.82, 2.24) is 0 Å². The van der Waals surface area contributed by atoms with Crippen LogP contribution >= 0.6 is 7.37 Å². The third-order valence-electron chi connectivity index (χ3n) is 1.89. The van der Waals surface area contributed by atoms with Crippen LogP contribution in [-0.2, 0) is 4.57 Å². The highest BCUT2D eigenvalue weighted by Crippen LogP contribution is 2.46. The fraction of sp³-hybridized carbons (Fsp3) is 1.00. The second-order valence-corrected chi connectivity index (χ2v) is 6.27. The summed E-state index contributed by atoms with van der Waals surface area (Å²) in [6.07, 6.45) is 3.57. The predicted molar refractivity (Wildman–Crippen MR) is 49.4 cm³/mol. The van der Waals surface area contributed by atoms with E-state index in [4.69, 9.17) is 0 Å². The highest BCUT2D eigenvalue weighted by atomic mass is 31.2. The lowest BCUT2D eigenvalue weighted by molar-refractivity contribution is 0.465. The van der Waals surface area contributed by atoms with E-state index >= 15 is 0 Å². The number of hydrogen-bond donors (Lipinski definition) is 1. The van der Waals surface area contributed by atoms with Crippen LogP contribution in [0.2, 0.25) is 0 Å². The monoisotopic (exact) mass is 178 g/mol. The Labute approximate surface area is 69.5 Å². The van der Waals surface area contributed by atoms with Crippen LogP contribution in [0.15, 0.2) is 0 Å². The van der Waals surface area contributed by atoms with Crippen molar-refractivity contribution in [3.05, 3.63) is 0 Å². The predicted octanol–water partition coefficient (Wildman–Crippen LogP) is 2.86. The molecule has 0 saturated carbocycles. The SMILES string of the molecule is CCCCCP(=O)(O)C(C)C. The smallest absolute Gasteiger partial charge is 0.203 e. The summed E-state index contributed by atoms with van der Waals surface area (Å²) in [5.74, 6) is 0. The summed E-state index contributed by atoms with van der Waals surface area (Å²) >= 11 is 0. The summed E-state index contributed by atoms with van der Waals surface area (Å²) in [6.45, 7) is 5.72. The Kier molecular flexibility index (Phi) is 5.03. The van der Waals surface area contributed by atoms with Gasteiger partial charge in [-0.25, -0.2) is 0 Å². The maximum absolute atomic E-state index is 11.3. The standard InChI is InChI=1S/C8H19O2P/c1-4-5-6-7-11(9,10)8(2)3/h8H,4-7H2,1-3H3,(H,9,10). The minimum Gasteiger partial charge on any atom is -0.344 e. The van der Waals surface area contributed by atoms with Crippen molar-refractivity contribution in [2.45, 2.75) is 45.7 Å². The zero-order chi connectivity index (χ0) is 8.91. The molecule has 0 spiro atoms. The molecule has 0 aliphatic heterocycles. The van der Waals surface area contributed by atoms with Gasteiger partial charge in [0.1, 0.15) is 0 Å². The topological polar surface area (TPSA) is 37.3 Å². The first-order valence-electron chi connectivity index (χ1n) is 4.32. The first kappa shape index (κ1) is 11.2. The van der Waals surface area contributed by atoms with Gasteiger partial charge in [-0.15, -0.1) is 0 Å². The van der Waals surface area contributed by atoms with Gasteiger partial charge in [0.15, 0.2) is 0 Å². The molecule has 2 nitrogen and oxygen atoms in total. The zero-order valence-electron chi connectivity index (χ0n) is 7.71. The first-order chi connectivity index (χ1) is 5.00. The van der Waals surface area contributed by atoms with Crippen molar-refractivity contribution in [1.29, 1.82) is 0 Å². The van der Waals surface area contributed by atoms with Gasteiger partial charge in [-0.1, -0.05) is 33.6 Å². The Hall–Kier alpha value is 0.190. The van der Waals surface area contributed by atoms with E-state index in [1.54, 1.807) is 0 Å². The molecule has 0 aromatic heterocycles. The normalized spacial score (nSPS) is 16.8. The van der Waals surface area contributed by atoms with Crippen LogP contribution in [0.4, 0.5) is 0 Å². The van der Waals surface area contributed by atoms with Gasteiger partial charge in [-0.3, -0.25) is 4.57 Å². The average Bonchev–Trinajstić information content (AvgIpc) is 1.88. The molecule has 3 heteroatoms. The lowest BCUT2D eigenvalue weighted by atomic mass is 10.3. The van der Waals surface area contributed by atoms with E-state index in [0.29, 0.717) is 6.16 Å². The molecule has 0 aliphatic carbocycles. The van der Waals surface area contributed by atoms with Gasteiger partial charge in [-0.2, -0.15) is 0 Å². The average molecular weight is 178 g/mol. The third kappa shape index (κ3) is 4.60. The Morgan fingerprint density at radius 2 is 1.91 bits per heavy atom. The van der Waals surface area contributed by atoms with E-state index in [-0.39, 0.29) is 5.66 Å². The quantitative estimate of drug-likeness (QED) is 0.519. The molecule has 0 heterocycles. The molecule has 0 radical (unpaired) electrons. The summed E-state index contributed by atoms with van der Waals surface area (Å²) in [4.78, 5) is 9.37. The van der Waals surface area contributed by atoms with Crippen LogP contribution in [0, 0.1) is 0 Å². The zero-order valence-corrected chi connectivity index (χ0v) is 8.60. The summed E-state index contributed by atoms with van der Waals surface area (Å²) < 4.78 is 11.3. The molecule has 1 unspecified atom stereocenters. The first-order valence-corrected chi connectivity index (χ1v) is 6.23. The van der Waals surface area contributed by atoms with E-state index in [9.17, 15) is 9.46 Å². The van der Waals surface area contributed by atoms with Crippen molar-refractivity contribution in [2.75, 3.05) is 6.16 Å². The van der Waals surface area contributed by atoms with Crippen LogP contribution in [0.25, 0.3) is 0 Å². The summed E-state index contributed by atoms with van der Waals surface area (Å²) in [5.41, 5.74) is -0.0700. The van der Waals surface area contributed by atoms with Crippen LogP contribution in [0.3, 0.4) is 0 Å². The summed E-state index contributed by atoms with van der Waals surface area (Å²) in [5, 5.41) is 0. The minimum absolute atomic E-state index is 0.0700. The Morgan fingerprint density at radius 1 is 1.36 bits per heavy atom. The Bertz CT molecular complexity index is 143. The van der Waals surface area contributed by atoms with Crippen LogP contribution < -0.4 is 0 Å². The molecule has 0 amide bonds. The molecule has 68 valence electrons. The molecule has 0 aromatic carbocycles. The van der Waals surface area contributed by atoms with Gasteiger partial charge in [0.25, 0.3) is 0 Å².